The maximum atomic E-state index is 12.4. The van der Waals surface area contributed by atoms with Crippen molar-refractivity contribution in [1.29, 1.82) is 0 Å². The molecular formula is C13H17BrO2S. The first-order valence-electron chi connectivity index (χ1n) is 5.99. The smallest absolute Gasteiger partial charge is 0.169 e. The van der Waals surface area contributed by atoms with Gasteiger partial charge in [0.05, 0.1) is 3.79 Å². The summed E-state index contributed by atoms with van der Waals surface area (Å²) in [5.74, 6) is 0.244. The molecule has 0 amide bonds. The van der Waals surface area contributed by atoms with Gasteiger partial charge in [-0.05, 0) is 40.9 Å². The molecule has 1 saturated carbocycles. The zero-order valence-corrected chi connectivity index (χ0v) is 12.4. The quantitative estimate of drug-likeness (QED) is 0.840. The summed E-state index contributed by atoms with van der Waals surface area (Å²) in [6, 6.07) is 4.01. The van der Waals surface area contributed by atoms with E-state index in [4.69, 9.17) is 4.74 Å². The van der Waals surface area contributed by atoms with Crippen LogP contribution in [0.1, 0.15) is 37.0 Å². The Bertz CT molecular complexity index is 394. The van der Waals surface area contributed by atoms with Gasteiger partial charge < -0.3 is 4.74 Å². The summed E-state index contributed by atoms with van der Waals surface area (Å²) in [4.78, 5) is 13.5. The highest BCUT2D eigenvalue weighted by atomic mass is 79.9. The Kier molecular flexibility index (Phi) is 4.39. The summed E-state index contributed by atoms with van der Waals surface area (Å²) in [5.41, 5.74) is -0.505. The third-order valence-electron chi connectivity index (χ3n) is 3.52. The molecule has 2 nitrogen and oxygen atoms in total. The fourth-order valence-corrected chi connectivity index (χ4v) is 3.97. The number of Topliss-reactive ketones (excluding diaryl/α,β-unsaturated/α-hetero) is 1. The summed E-state index contributed by atoms with van der Waals surface area (Å²) in [7, 11) is 1.67. The van der Waals surface area contributed by atoms with Crippen molar-refractivity contribution in [2.45, 2.75) is 44.1 Å². The fourth-order valence-electron chi connectivity index (χ4n) is 2.49. The van der Waals surface area contributed by atoms with Crippen LogP contribution in [-0.4, -0.2) is 18.5 Å². The Morgan fingerprint density at radius 1 is 1.41 bits per heavy atom. The first-order chi connectivity index (χ1) is 8.16. The van der Waals surface area contributed by atoms with Crippen LogP contribution in [0.25, 0.3) is 0 Å². The van der Waals surface area contributed by atoms with Crippen molar-refractivity contribution in [2.24, 2.45) is 0 Å². The monoisotopic (exact) mass is 316 g/mol. The molecule has 0 unspecified atom stereocenters. The van der Waals surface area contributed by atoms with E-state index in [1.54, 1.807) is 18.4 Å². The molecule has 0 atom stereocenters. The molecule has 0 aromatic carbocycles. The van der Waals surface area contributed by atoms with E-state index in [2.05, 4.69) is 15.9 Å². The molecule has 0 radical (unpaired) electrons. The summed E-state index contributed by atoms with van der Waals surface area (Å²) in [5, 5.41) is 0. The van der Waals surface area contributed by atoms with Gasteiger partial charge in [-0.1, -0.05) is 19.3 Å². The minimum Gasteiger partial charge on any atom is -0.370 e. The van der Waals surface area contributed by atoms with Crippen molar-refractivity contribution < 1.29 is 9.53 Å². The van der Waals surface area contributed by atoms with Gasteiger partial charge in [0.1, 0.15) is 5.60 Å². The summed E-state index contributed by atoms with van der Waals surface area (Å²) >= 11 is 5.05. The summed E-state index contributed by atoms with van der Waals surface area (Å²) < 4.78 is 6.64. The van der Waals surface area contributed by atoms with Gasteiger partial charge in [-0.2, -0.15) is 0 Å². The van der Waals surface area contributed by atoms with E-state index in [0.717, 1.165) is 34.3 Å². The van der Waals surface area contributed by atoms with Crippen molar-refractivity contribution in [3.63, 3.8) is 0 Å². The van der Waals surface area contributed by atoms with Crippen LogP contribution in [0, 0.1) is 0 Å². The normalized spacial score (nSPS) is 19.2. The highest BCUT2D eigenvalue weighted by molar-refractivity contribution is 9.11. The molecule has 94 valence electrons. The summed E-state index contributed by atoms with van der Waals surface area (Å²) in [6.45, 7) is 0. The highest BCUT2D eigenvalue weighted by Gasteiger charge is 2.38. The number of methoxy groups -OCH3 is 1. The van der Waals surface area contributed by atoms with Gasteiger partial charge in [0.2, 0.25) is 0 Å². The average Bonchev–Trinajstić information content (AvgIpc) is 2.75. The Balaban J connectivity index is 2.07. The lowest BCUT2D eigenvalue weighted by Crippen LogP contribution is -2.43. The molecule has 1 aromatic heterocycles. The third-order valence-corrected chi connectivity index (χ3v) is 5.15. The molecule has 0 saturated heterocycles. The second-order valence-electron chi connectivity index (χ2n) is 4.56. The van der Waals surface area contributed by atoms with Gasteiger partial charge in [-0.25, -0.2) is 0 Å². The summed E-state index contributed by atoms with van der Waals surface area (Å²) in [6.07, 6.45) is 5.71. The van der Waals surface area contributed by atoms with E-state index in [-0.39, 0.29) is 5.78 Å². The molecular weight excluding hydrogens is 300 g/mol. The average molecular weight is 317 g/mol. The van der Waals surface area contributed by atoms with Crippen molar-refractivity contribution in [3.8, 4) is 0 Å². The van der Waals surface area contributed by atoms with Crippen LogP contribution in [0.15, 0.2) is 15.9 Å². The zero-order valence-electron chi connectivity index (χ0n) is 10.0. The van der Waals surface area contributed by atoms with E-state index in [1.165, 1.54) is 6.42 Å². The predicted octanol–water partition coefficient (Wildman–Crippen LogP) is 3.97. The number of rotatable bonds is 4. The van der Waals surface area contributed by atoms with E-state index in [1.807, 2.05) is 12.1 Å². The Labute approximate surface area is 114 Å². The van der Waals surface area contributed by atoms with Gasteiger partial charge in [0.15, 0.2) is 5.78 Å². The second kappa shape index (κ2) is 5.63. The lowest BCUT2D eigenvalue weighted by molar-refractivity contribution is -0.144. The van der Waals surface area contributed by atoms with Crippen LogP contribution in [0.4, 0.5) is 0 Å². The Morgan fingerprint density at radius 3 is 2.65 bits per heavy atom. The fraction of sp³-hybridized carbons (Fsp3) is 0.615. The largest absolute Gasteiger partial charge is 0.370 e. The van der Waals surface area contributed by atoms with Gasteiger partial charge in [0, 0.05) is 18.4 Å². The number of ether oxygens (including phenoxy) is 1. The number of carbonyl (C=O) groups excluding carboxylic acids is 1. The van der Waals surface area contributed by atoms with Crippen LogP contribution in [-0.2, 0) is 16.0 Å². The van der Waals surface area contributed by atoms with Gasteiger partial charge in [-0.15, -0.1) is 11.3 Å². The van der Waals surface area contributed by atoms with E-state index in [9.17, 15) is 4.79 Å². The number of hydrogen-bond donors (Lipinski definition) is 0. The van der Waals surface area contributed by atoms with Crippen LogP contribution in [0.5, 0.6) is 0 Å². The number of thiophene rings is 1. The zero-order chi connectivity index (χ0) is 12.3. The molecule has 2 rings (SSSR count). The number of carbonyl (C=O) groups is 1. The van der Waals surface area contributed by atoms with Gasteiger partial charge >= 0.3 is 0 Å². The second-order valence-corrected chi connectivity index (χ2v) is 7.11. The first kappa shape index (κ1) is 13.2. The van der Waals surface area contributed by atoms with Gasteiger partial charge in [-0.3, -0.25) is 4.79 Å². The highest BCUT2D eigenvalue weighted by Crippen LogP contribution is 2.34. The Morgan fingerprint density at radius 2 is 2.12 bits per heavy atom. The minimum absolute atomic E-state index is 0.244. The number of ketones is 1. The molecule has 1 aromatic rings. The van der Waals surface area contributed by atoms with Crippen molar-refractivity contribution in [2.75, 3.05) is 7.11 Å². The maximum absolute atomic E-state index is 12.4. The minimum atomic E-state index is -0.505. The Hall–Kier alpha value is -0.190. The van der Waals surface area contributed by atoms with Crippen molar-refractivity contribution in [1.82, 2.24) is 0 Å². The van der Waals surface area contributed by atoms with Crippen LogP contribution < -0.4 is 0 Å². The van der Waals surface area contributed by atoms with Crippen LogP contribution in [0.2, 0.25) is 0 Å². The van der Waals surface area contributed by atoms with E-state index < -0.39 is 5.60 Å². The van der Waals surface area contributed by atoms with E-state index in [0.29, 0.717) is 6.42 Å². The first-order valence-corrected chi connectivity index (χ1v) is 7.60. The van der Waals surface area contributed by atoms with Crippen molar-refractivity contribution in [3.05, 3.63) is 20.8 Å². The molecule has 0 N–H and O–H groups in total. The third kappa shape index (κ3) is 2.98. The number of halogens is 1. The lowest BCUT2D eigenvalue weighted by Gasteiger charge is -2.34. The van der Waals surface area contributed by atoms with E-state index >= 15 is 0 Å². The lowest BCUT2D eigenvalue weighted by atomic mass is 9.80. The molecule has 1 aliphatic rings. The topological polar surface area (TPSA) is 26.3 Å². The molecule has 0 bridgehead atoms. The molecule has 0 spiro atoms. The molecule has 4 heteroatoms. The molecule has 1 heterocycles. The standard InChI is InChI=1S/C13H17BrO2S/c1-16-13(7-3-2-4-8-13)11(15)9-10-5-6-12(14)17-10/h5-6H,2-4,7-9H2,1H3. The van der Waals surface area contributed by atoms with Gasteiger partial charge in [0.25, 0.3) is 0 Å². The molecule has 17 heavy (non-hydrogen) atoms. The molecule has 1 aliphatic carbocycles. The molecule has 0 aliphatic heterocycles. The van der Waals surface area contributed by atoms with Crippen LogP contribution >= 0.6 is 27.3 Å². The predicted molar refractivity (Wildman–Crippen MR) is 73.6 cm³/mol. The van der Waals surface area contributed by atoms with Crippen molar-refractivity contribution >= 4 is 33.0 Å². The van der Waals surface area contributed by atoms with Crippen LogP contribution in [0.3, 0.4) is 0 Å². The molecule has 1 fully saturated rings. The number of hydrogen-bond acceptors (Lipinski definition) is 3. The SMILES string of the molecule is COC1(C(=O)Cc2ccc(Br)s2)CCCCC1. The maximum Gasteiger partial charge on any atom is 0.169 e.